The van der Waals surface area contributed by atoms with Crippen LogP contribution in [0.15, 0.2) is 18.6 Å². The lowest BCUT2D eigenvalue weighted by atomic mass is 10.0. The third-order valence-corrected chi connectivity index (χ3v) is 16.0. The molecule has 9 unspecified atom stereocenters. The summed E-state index contributed by atoms with van der Waals surface area (Å²) in [5, 5.41) is 29.3. The number of imidazole rings is 1. The summed E-state index contributed by atoms with van der Waals surface area (Å²) in [6.45, 7) is -9.63. The zero-order valence-corrected chi connectivity index (χ0v) is 38.9. The summed E-state index contributed by atoms with van der Waals surface area (Å²) >= 11 is 16.0. The maximum absolute atomic E-state index is 11.5. The number of aliphatic hydroxyl groups excluding tert-OH is 1. The van der Waals surface area contributed by atoms with Crippen molar-refractivity contribution in [2.45, 2.75) is 112 Å². The van der Waals surface area contributed by atoms with Crippen LogP contribution >= 0.6 is 20.2 Å². The standard InChI is InChI=1S/C30H58N13O13P3S3/c1-14-5-21(41-28-24(32)26(33)35-11-37-28)52-17(14)8-50-58(46,61)56-16-7-23(43-13-39-25-27(34)36-12-38-29(25)43)54-19(16)10-51-59(47,62)55-15-6-22(42-4-3-20(31)40-30(42)44)53-18(15)9-49-57(45,60)48-2/h3-4,13-24,26-28,30,35-38,40-41,44H,5-12,31-34H2,1-2H3,(H,45,60)(H,46,61)(H,47,62)/t14-,15-,16-,17-,18-,19-,20?,21-,22-,23-,24?,26?,27?,28?,30?,57?,58?,59?/m1/s1. The summed E-state index contributed by atoms with van der Waals surface area (Å²) in [6, 6.07) is -0.403. The third-order valence-electron chi connectivity index (χ3n) is 11.1. The molecule has 4 fully saturated rings. The maximum Gasteiger partial charge on any atom is 0.324 e. The van der Waals surface area contributed by atoms with E-state index in [1.807, 2.05) is 6.92 Å². The average molecular weight is 998 g/mol. The third kappa shape index (κ3) is 12.4. The molecule has 6 aliphatic rings. The Morgan fingerprint density at radius 2 is 1.48 bits per heavy atom. The highest BCUT2D eigenvalue weighted by molar-refractivity contribution is 8.07. The Hall–Kier alpha value is -0.380. The van der Waals surface area contributed by atoms with Gasteiger partial charge in [0.15, 0.2) is 6.35 Å². The molecule has 0 radical (unpaired) electrons. The molecule has 7 heterocycles. The molecule has 18 atom stereocenters. The van der Waals surface area contributed by atoms with Crippen LogP contribution in [-0.4, -0.2) is 148 Å². The highest BCUT2D eigenvalue weighted by atomic mass is 32.5. The van der Waals surface area contributed by atoms with E-state index in [0.717, 1.165) is 0 Å². The molecule has 0 saturated carbocycles. The number of rotatable bonds is 18. The van der Waals surface area contributed by atoms with Crippen molar-refractivity contribution < 1.29 is 61.1 Å². The normalized spacial score (nSPS) is 40.4. The van der Waals surface area contributed by atoms with Crippen molar-refractivity contribution in [2.75, 3.05) is 45.6 Å². The van der Waals surface area contributed by atoms with E-state index < -0.39 is 87.9 Å². The molecule has 354 valence electrons. The fourth-order valence-corrected chi connectivity index (χ4v) is 11.3. The molecule has 62 heavy (non-hydrogen) atoms. The highest BCUT2D eigenvalue weighted by Crippen LogP contribution is 2.53. The molecular weight excluding hydrogens is 940 g/mol. The first-order valence-electron chi connectivity index (χ1n) is 19.8. The molecule has 6 aliphatic heterocycles. The molecule has 0 amide bonds. The van der Waals surface area contributed by atoms with Gasteiger partial charge < -0.3 is 94.3 Å². The van der Waals surface area contributed by atoms with Crippen LogP contribution in [-0.2, 0) is 76.8 Å². The number of hydrogen-bond donors (Lipinski definition) is 14. The first kappa shape index (κ1) is 49.5. The van der Waals surface area contributed by atoms with Gasteiger partial charge in [-0.1, -0.05) is 6.92 Å². The van der Waals surface area contributed by atoms with Gasteiger partial charge in [-0.05, 0) is 53.8 Å². The Bertz CT molecular complexity index is 1870. The molecule has 32 heteroatoms. The van der Waals surface area contributed by atoms with Gasteiger partial charge in [-0.25, -0.2) is 4.98 Å². The lowest BCUT2D eigenvalue weighted by molar-refractivity contribution is -0.125. The van der Waals surface area contributed by atoms with E-state index in [4.69, 9.17) is 99.7 Å². The van der Waals surface area contributed by atoms with Crippen LogP contribution in [0.3, 0.4) is 0 Å². The van der Waals surface area contributed by atoms with Gasteiger partial charge in [-0.2, -0.15) is 0 Å². The number of nitrogens with one attached hydrogen (secondary N) is 6. The number of ether oxygens (including phenoxy) is 3. The van der Waals surface area contributed by atoms with Crippen LogP contribution in [0.4, 0.5) is 5.82 Å². The highest BCUT2D eigenvalue weighted by Gasteiger charge is 2.47. The van der Waals surface area contributed by atoms with Crippen LogP contribution in [0.5, 0.6) is 0 Å². The smallest absolute Gasteiger partial charge is 0.324 e. The van der Waals surface area contributed by atoms with Crippen molar-refractivity contribution >= 4 is 61.4 Å². The number of anilines is 1. The summed E-state index contributed by atoms with van der Waals surface area (Å²) in [5.74, 6) is 0.642. The summed E-state index contributed by atoms with van der Waals surface area (Å²) in [7, 11) is 1.20. The van der Waals surface area contributed by atoms with Crippen LogP contribution in [0.2, 0.25) is 0 Å². The van der Waals surface area contributed by atoms with Crippen LogP contribution in [0.1, 0.15) is 44.3 Å². The Labute approximate surface area is 373 Å². The molecule has 0 bridgehead atoms. The SMILES string of the molecule is COP(O)(=S)OC[C@H]1O[C@@H](N2C=CC(N)NC2O)C[C@H]1OP(O)(=S)OC[C@H]1O[C@@H](n2cnc3c2NCNC3N)C[C@H]1OP(O)(=S)OC[C@H]1O[C@@H](NC2NCNC(N)C2N)C[C@H]1C. The van der Waals surface area contributed by atoms with E-state index in [1.165, 1.54) is 12.0 Å². The number of aromatic nitrogens is 2. The van der Waals surface area contributed by atoms with E-state index in [2.05, 4.69) is 36.9 Å². The monoisotopic (exact) mass is 997 g/mol. The topological polar surface area (TPSA) is 361 Å². The fraction of sp³-hybridized carbons (Fsp3) is 0.833. The lowest BCUT2D eigenvalue weighted by Crippen LogP contribution is -2.72. The minimum absolute atomic E-state index is 0.0243. The van der Waals surface area contributed by atoms with Gasteiger partial charge in [0.1, 0.15) is 48.6 Å². The molecule has 1 aromatic rings. The minimum Gasteiger partial charge on any atom is -0.361 e. The Morgan fingerprint density at radius 1 is 0.855 bits per heavy atom. The second-order valence-electron chi connectivity index (χ2n) is 15.5. The van der Waals surface area contributed by atoms with Crippen molar-refractivity contribution in [3.63, 3.8) is 0 Å². The molecule has 1 aromatic heterocycles. The van der Waals surface area contributed by atoms with Crippen molar-refractivity contribution in [3.05, 3.63) is 24.3 Å². The molecular formula is C30H58N13O13P3S3. The average Bonchev–Trinajstić information content (AvgIpc) is 4.00. The minimum atomic E-state index is -4.14. The molecule has 26 nitrogen and oxygen atoms in total. The predicted octanol–water partition coefficient (Wildman–Crippen LogP) is -3.26. The van der Waals surface area contributed by atoms with Crippen LogP contribution in [0.25, 0.3) is 0 Å². The molecule has 7 rings (SSSR count). The van der Waals surface area contributed by atoms with Gasteiger partial charge in [0.05, 0.1) is 75.7 Å². The Balaban J connectivity index is 1.01. The van der Waals surface area contributed by atoms with E-state index in [0.29, 0.717) is 31.3 Å². The van der Waals surface area contributed by atoms with Gasteiger partial charge in [0, 0.05) is 32.8 Å². The molecule has 0 aliphatic carbocycles. The number of hydrogen-bond acceptors (Lipinski definition) is 25. The van der Waals surface area contributed by atoms with Gasteiger partial charge in [0.2, 0.25) is 0 Å². The zero-order chi connectivity index (χ0) is 44.6. The van der Waals surface area contributed by atoms with E-state index in [1.54, 1.807) is 23.2 Å². The molecule has 0 spiro atoms. The van der Waals surface area contributed by atoms with Crippen molar-refractivity contribution in [1.82, 2.24) is 41.0 Å². The Morgan fingerprint density at radius 3 is 2.15 bits per heavy atom. The maximum atomic E-state index is 11.5. The summed E-state index contributed by atoms with van der Waals surface area (Å²) in [6.07, 6.45) is -3.66. The van der Waals surface area contributed by atoms with Crippen molar-refractivity contribution in [1.29, 1.82) is 0 Å². The predicted molar refractivity (Wildman–Crippen MR) is 231 cm³/mol. The first-order chi connectivity index (χ1) is 29.3. The summed E-state index contributed by atoms with van der Waals surface area (Å²) < 4.78 is 54.7. The van der Waals surface area contributed by atoms with Gasteiger partial charge in [-0.3, -0.25) is 31.2 Å². The van der Waals surface area contributed by atoms with Gasteiger partial charge >= 0.3 is 20.2 Å². The molecule has 18 N–H and O–H groups in total. The number of fused-ring (bicyclic) bond motifs is 1. The summed E-state index contributed by atoms with van der Waals surface area (Å²) in [5.41, 5.74) is 25.0. The van der Waals surface area contributed by atoms with Gasteiger partial charge in [0.25, 0.3) is 0 Å². The Kier molecular flexibility index (Phi) is 16.7. The second kappa shape index (κ2) is 20.9. The van der Waals surface area contributed by atoms with Crippen molar-refractivity contribution in [3.8, 4) is 0 Å². The van der Waals surface area contributed by atoms with E-state index >= 15 is 0 Å². The number of nitrogens with two attached hydrogens (primary N) is 4. The van der Waals surface area contributed by atoms with E-state index in [9.17, 15) is 19.8 Å². The lowest BCUT2D eigenvalue weighted by Gasteiger charge is -2.37. The van der Waals surface area contributed by atoms with Crippen LogP contribution < -0.4 is 54.8 Å². The number of nitrogens with zero attached hydrogens (tertiary/aromatic N) is 3. The van der Waals surface area contributed by atoms with Crippen molar-refractivity contribution in [2.24, 2.45) is 28.9 Å². The first-order valence-corrected chi connectivity index (χ1v) is 27.6. The summed E-state index contributed by atoms with van der Waals surface area (Å²) in [4.78, 5) is 39.1. The van der Waals surface area contributed by atoms with E-state index in [-0.39, 0.29) is 57.1 Å². The molecule has 4 saturated heterocycles. The zero-order valence-electron chi connectivity index (χ0n) is 33.7. The second-order valence-corrected chi connectivity index (χ2v) is 24.0. The number of aliphatic hydroxyl groups is 1. The van der Waals surface area contributed by atoms with Gasteiger partial charge in [-0.15, -0.1) is 0 Å². The van der Waals surface area contributed by atoms with Crippen LogP contribution in [0, 0.1) is 5.92 Å². The molecule has 0 aromatic carbocycles. The largest absolute Gasteiger partial charge is 0.361 e. The fourth-order valence-electron chi connectivity index (χ4n) is 7.76. The quantitative estimate of drug-likeness (QED) is 0.0642.